The molecule has 0 aromatic carbocycles. The standard InChI is InChI=1S/C37H54N6O6/c1-5-10-26(31(45)28(44)19-22-15-16-22)40-35(48)30-25-14-9-13-24(25)21-43(30)36(49)32(37(2,3)4)42-34(47)29(23-11-7-6-8-12-23)41-33(46)27-20-38-17-18-39-27/h17-18,20,22-26,29-30,32H,5-16,19,21H2,1-4H3,(H,40,48)(H,41,46)(H,42,47)/t24-,25-,26-,29-,30-,32+/m0/s1. The molecule has 1 aliphatic heterocycles. The molecule has 1 aromatic heterocycles. The summed E-state index contributed by atoms with van der Waals surface area (Å²) in [4.78, 5) is 91.6. The van der Waals surface area contributed by atoms with Gasteiger partial charge < -0.3 is 20.9 Å². The van der Waals surface area contributed by atoms with E-state index in [1.807, 2.05) is 27.7 Å². The molecular formula is C37H54N6O6. The van der Waals surface area contributed by atoms with Crippen molar-refractivity contribution >= 4 is 35.2 Å². The number of nitrogens with one attached hydrogen (secondary N) is 3. The average Bonchev–Trinajstić information content (AvgIpc) is 3.65. The van der Waals surface area contributed by atoms with Crippen molar-refractivity contribution in [3.05, 3.63) is 24.3 Å². The molecule has 0 spiro atoms. The van der Waals surface area contributed by atoms with E-state index in [9.17, 15) is 28.8 Å². The number of fused-ring (bicyclic) bond motifs is 1. The maximum absolute atomic E-state index is 14.6. The van der Waals surface area contributed by atoms with E-state index >= 15 is 0 Å². The van der Waals surface area contributed by atoms with Crippen molar-refractivity contribution in [1.29, 1.82) is 0 Å². The fraction of sp³-hybridized carbons (Fsp3) is 0.730. The van der Waals surface area contributed by atoms with Crippen molar-refractivity contribution < 1.29 is 28.8 Å². The number of Topliss-reactive ketones (excluding diaryl/α,β-unsaturated/α-hetero) is 2. The van der Waals surface area contributed by atoms with Crippen molar-refractivity contribution in [2.45, 2.75) is 135 Å². The summed E-state index contributed by atoms with van der Waals surface area (Å²) in [5.41, 5.74) is -0.626. The van der Waals surface area contributed by atoms with Gasteiger partial charge in [0, 0.05) is 25.4 Å². The second kappa shape index (κ2) is 15.9. The first-order chi connectivity index (χ1) is 23.4. The molecule has 1 aromatic rings. The molecule has 12 heteroatoms. The van der Waals surface area contributed by atoms with Gasteiger partial charge in [0.2, 0.25) is 29.3 Å². The summed E-state index contributed by atoms with van der Waals surface area (Å²) in [6.45, 7) is 7.90. The Morgan fingerprint density at radius 2 is 1.63 bits per heavy atom. The van der Waals surface area contributed by atoms with Gasteiger partial charge >= 0.3 is 0 Å². The molecule has 12 nitrogen and oxygen atoms in total. The van der Waals surface area contributed by atoms with Crippen LogP contribution < -0.4 is 16.0 Å². The summed E-state index contributed by atoms with van der Waals surface area (Å²) in [5.74, 6) is -2.49. The number of hydrogen-bond donors (Lipinski definition) is 3. The van der Waals surface area contributed by atoms with E-state index in [1.165, 1.54) is 18.6 Å². The first-order valence-electron chi connectivity index (χ1n) is 18.4. The Labute approximate surface area is 289 Å². The second-order valence-electron chi connectivity index (χ2n) is 15.8. The van der Waals surface area contributed by atoms with Gasteiger partial charge in [-0.2, -0.15) is 0 Å². The summed E-state index contributed by atoms with van der Waals surface area (Å²) in [6.07, 6.45) is 14.4. The summed E-state index contributed by atoms with van der Waals surface area (Å²) >= 11 is 0. The van der Waals surface area contributed by atoms with Crippen LogP contribution in [-0.4, -0.2) is 80.8 Å². The Morgan fingerprint density at radius 3 is 2.27 bits per heavy atom. The summed E-state index contributed by atoms with van der Waals surface area (Å²) in [6, 6.07) is -3.59. The summed E-state index contributed by atoms with van der Waals surface area (Å²) in [7, 11) is 0. The van der Waals surface area contributed by atoms with Gasteiger partial charge in [0.15, 0.2) is 0 Å². The van der Waals surface area contributed by atoms with Crippen LogP contribution >= 0.6 is 0 Å². The molecule has 1 saturated heterocycles. The number of carbonyl (C=O) groups excluding carboxylic acids is 6. The van der Waals surface area contributed by atoms with Crippen LogP contribution in [0.2, 0.25) is 0 Å². The number of nitrogens with zero attached hydrogens (tertiary/aromatic N) is 3. The van der Waals surface area contributed by atoms with Crippen LogP contribution in [0, 0.1) is 29.1 Å². The van der Waals surface area contributed by atoms with Gasteiger partial charge in [-0.3, -0.25) is 33.8 Å². The van der Waals surface area contributed by atoms with Gasteiger partial charge in [-0.05, 0) is 74.0 Å². The fourth-order valence-corrected chi connectivity index (χ4v) is 8.10. The highest BCUT2D eigenvalue weighted by molar-refractivity contribution is 6.39. The third-order valence-electron chi connectivity index (χ3n) is 11.0. The molecule has 4 aliphatic rings. The minimum atomic E-state index is -0.984. The first kappa shape index (κ1) is 36.6. The van der Waals surface area contributed by atoms with Crippen molar-refractivity contribution in [3.63, 3.8) is 0 Å². The fourth-order valence-electron chi connectivity index (χ4n) is 8.10. The van der Waals surface area contributed by atoms with E-state index in [0.29, 0.717) is 19.4 Å². The average molecular weight is 679 g/mol. The predicted octanol–water partition coefficient (Wildman–Crippen LogP) is 3.54. The highest BCUT2D eigenvalue weighted by atomic mass is 16.2. The van der Waals surface area contributed by atoms with E-state index in [1.54, 1.807) is 4.90 Å². The van der Waals surface area contributed by atoms with Gasteiger partial charge in [0.05, 0.1) is 12.2 Å². The Hall–Kier alpha value is -3.70. The lowest BCUT2D eigenvalue weighted by Gasteiger charge is -2.38. The van der Waals surface area contributed by atoms with Crippen molar-refractivity contribution in [3.8, 4) is 0 Å². The zero-order valence-electron chi connectivity index (χ0n) is 29.5. The van der Waals surface area contributed by atoms with Gasteiger partial charge in [-0.1, -0.05) is 59.8 Å². The molecule has 4 fully saturated rings. The lowest BCUT2D eigenvalue weighted by Crippen LogP contribution is -2.62. The molecule has 0 unspecified atom stereocenters. The molecule has 5 rings (SSSR count). The molecule has 0 bridgehead atoms. The molecule has 6 atom stereocenters. The van der Waals surface area contributed by atoms with Gasteiger partial charge in [-0.25, -0.2) is 4.98 Å². The highest BCUT2D eigenvalue weighted by Crippen LogP contribution is 2.43. The van der Waals surface area contributed by atoms with Crippen LogP contribution in [0.5, 0.6) is 0 Å². The maximum Gasteiger partial charge on any atom is 0.272 e. The first-order valence-corrected chi connectivity index (χ1v) is 18.4. The minimum absolute atomic E-state index is 0.0685. The third kappa shape index (κ3) is 8.91. The van der Waals surface area contributed by atoms with Crippen LogP contribution in [0.15, 0.2) is 18.6 Å². The highest BCUT2D eigenvalue weighted by Gasteiger charge is 2.52. The monoisotopic (exact) mass is 678 g/mol. The number of likely N-dealkylation sites (tertiary alicyclic amines) is 1. The zero-order chi connectivity index (χ0) is 35.3. The summed E-state index contributed by atoms with van der Waals surface area (Å²) < 4.78 is 0. The number of carbonyl (C=O) groups is 6. The topological polar surface area (TPSA) is 168 Å². The Kier molecular flexibility index (Phi) is 11.9. The molecule has 3 N–H and O–H groups in total. The zero-order valence-corrected chi connectivity index (χ0v) is 29.5. The Balaban J connectivity index is 1.36. The van der Waals surface area contributed by atoms with Crippen LogP contribution in [0.1, 0.15) is 122 Å². The second-order valence-corrected chi connectivity index (χ2v) is 15.8. The van der Waals surface area contributed by atoms with E-state index < -0.39 is 58.9 Å². The molecule has 4 amide bonds. The molecule has 49 heavy (non-hydrogen) atoms. The normalized spacial score (nSPS) is 24.3. The van der Waals surface area contributed by atoms with Crippen molar-refractivity contribution in [2.24, 2.45) is 29.1 Å². The van der Waals surface area contributed by atoms with Crippen LogP contribution in [-0.2, 0) is 24.0 Å². The number of hydrogen-bond acceptors (Lipinski definition) is 8. The van der Waals surface area contributed by atoms with Crippen LogP contribution in [0.4, 0.5) is 0 Å². The minimum Gasteiger partial charge on any atom is -0.344 e. The van der Waals surface area contributed by atoms with E-state index in [0.717, 1.165) is 64.2 Å². The SMILES string of the molecule is CCC[C@H](NC(=O)[C@@H]1[C@H]2CCC[C@H]2CN1C(=O)[C@@H](NC(=O)[C@@H](NC(=O)c1cnccn1)C1CCCCC1)C(C)(C)C)C(=O)C(=O)CC1CC1. The van der Waals surface area contributed by atoms with Gasteiger partial charge in [0.25, 0.3) is 5.91 Å². The van der Waals surface area contributed by atoms with E-state index in [2.05, 4.69) is 25.9 Å². The Morgan fingerprint density at radius 1 is 0.898 bits per heavy atom. The van der Waals surface area contributed by atoms with Gasteiger partial charge in [0.1, 0.15) is 23.8 Å². The Bertz CT molecular complexity index is 1390. The molecule has 3 aliphatic carbocycles. The quantitative estimate of drug-likeness (QED) is 0.251. The lowest BCUT2D eigenvalue weighted by atomic mass is 9.82. The molecular weight excluding hydrogens is 624 g/mol. The summed E-state index contributed by atoms with van der Waals surface area (Å²) in [5, 5.41) is 8.81. The van der Waals surface area contributed by atoms with E-state index in [4.69, 9.17) is 0 Å². The largest absolute Gasteiger partial charge is 0.344 e. The molecule has 3 saturated carbocycles. The smallest absolute Gasteiger partial charge is 0.272 e. The van der Waals surface area contributed by atoms with Crippen LogP contribution in [0.25, 0.3) is 0 Å². The molecule has 2 heterocycles. The van der Waals surface area contributed by atoms with Gasteiger partial charge in [-0.15, -0.1) is 0 Å². The molecule has 0 radical (unpaired) electrons. The number of aromatic nitrogens is 2. The number of ketones is 2. The number of rotatable bonds is 14. The molecule has 268 valence electrons. The van der Waals surface area contributed by atoms with E-state index in [-0.39, 0.29) is 41.7 Å². The van der Waals surface area contributed by atoms with Crippen molar-refractivity contribution in [2.75, 3.05) is 6.54 Å². The third-order valence-corrected chi connectivity index (χ3v) is 11.0. The van der Waals surface area contributed by atoms with Crippen LogP contribution in [0.3, 0.4) is 0 Å². The predicted molar refractivity (Wildman–Crippen MR) is 182 cm³/mol. The maximum atomic E-state index is 14.6. The van der Waals surface area contributed by atoms with Crippen molar-refractivity contribution in [1.82, 2.24) is 30.8 Å². The number of amides is 4. The lowest BCUT2D eigenvalue weighted by molar-refractivity contribution is -0.146.